The molecule has 0 fully saturated rings. The normalized spacial score (nSPS) is 19.8. The smallest absolute Gasteiger partial charge is 0.174 e. The number of ether oxygens (including phenoxy) is 1. The Kier molecular flexibility index (Phi) is 2.87. The monoisotopic (exact) mass is 219 g/mol. The number of aliphatic imine (C=N–C) groups is 1. The fourth-order valence-electron chi connectivity index (χ4n) is 1.81. The highest BCUT2D eigenvalue weighted by Gasteiger charge is 2.26. The molecule has 0 aliphatic carbocycles. The van der Waals surface area contributed by atoms with Crippen molar-refractivity contribution in [2.75, 3.05) is 19.1 Å². The van der Waals surface area contributed by atoms with Crippen LogP contribution in [0, 0.1) is 0 Å². The van der Waals surface area contributed by atoms with Crippen LogP contribution in [0.4, 0.5) is 11.4 Å². The third-order valence-corrected chi connectivity index (χ3v) is 2.53. The summed E-state index contributed by atoms with van der Waals surface area (Å²) in [4.78, 5) is 6.32. The molecular weight excluding hydrogens is 206 g/mol. The van der Waals surface area contributed by atoms with Crippen molar-refractivity contribution in [2.45, 2.75) is 6.23 Å². The van der Waals surface area contributed by atoms with Gasteiger partial charge in [0.15, 0.2) is 6.23 Å². The SMILES string of the molecule is COC1C(C=NO)=Nc2ccccc2N1C. The van der Waals surface area contributed by atoms with Gasteiger partial charge in [-0.05, 0) is 12.1 Å². The van der Waals surface area contributed by atoms with Crippen LogP contribution in [0.1, 0.15) is 0 Å². The second-order valence-electron chi connectivity index (χ2n) is 3.47. The number of rotatable bonds is 2. The van der Waals surface area contributed by atoms with E-state index in [1.165, 1.54) is 6.21 Å². The van der Waals surface area contributed by atoms with Crippen molar-refractivity contribution in [2.24, 2.45) is 10.1 Å². The second-order valence-corrected chi connectivity index (χ2v) is 3.47. The Labute approximate surface area is 93.7 Å². The van der Waals surface area contributed by atoms with Gasteiger partial charge in [0.05, 0.1) is 17.6 Å². The van der Waals surface area contributed by atoms with E-state index in [4.69, 9.17) is 9.94 Å². The Morgan fingerprint density at radius 3 is 2.94 bits per heavy atom. The Balaban J connectivity index is 2.50. The molecule has 0 radical (unpaired) electrons. The number of fused-ring (bicyclic) bond motifs is 1. The lowest BCUT2D eigenvalue weighted by Gasteiger charge is -2.32. The summed E-state index contributed by atoms with van der Waals surface area (Å²) in [7, 11) is 3.50. The molecule has 0 saturated carbocycles. The summed E-state index contributed by atoms with van der Waals surface area (Å²) in [5, 5.41) is 11.6. The van der Waals surface area contributed by atoms with Gasteiger partial charge in [0.25, 0.3) is 0 Å². The molecule has 16 heavy (non-hydrogen) atoms. The summed E-state index contributed by atoms with van der Waals surface area (Å²) in [6.07, 6.45) is 0.964. The number of nitrogens with zero attached hydrogens (tertiary/aromatic N) is 3. The van der Waals surface area contributed by atoms with Crippen molar-refractivity contribution in [1.82, 2.24) is 0 Å². The van der Waals surface area contributed by atoms with Crippen LogP contribution in [0.5, 0.6) is 0 Å². The van der Waals surface area contributed by atoms with Gasteiger partial charge >= 0.3 is 0 Å². The molecular formula is C11H13N3O2. The zero-order valence-electron chi connectivity index (χ0n) is 9.16. The molecule has 0 aromatic heterocycles. The van der Waals surface area contributed by atoms with Gasteiger partial charge < -0.3 is 14.8 Å². The maximum absolute atomic E-state index is 8.58. The predicted molar refractivity (Wildman–Crippen MR) is 63.0 cm³/mol. The predicted octanol–water partition coefficient (Wildman–Crippen LogP) is 1.64. The van der Waals surface area contributed by atoms with Crippen molar-refractivity contribution in [3.05, 3.63) is 24.3 Å². The standard InChI is InChI=1S/C11H13N3O2/c1-14-10-6-4-3-5-8(10)13-9(7-12-15)11(14)16-2/h3-7,11,15H,1-2H3. The van der Waals surface area contributed by atoms with Crippen molar-refractivity contribution < 1.29 is 9.94 Å². The van der Waals surface area contributed by atoms with Gasteiger partial charge in [-0.15, -0.1) is 0 Å². The lowest BCUT2D eigenvalue weighted by atomic mass is 10.1. The van der Waals surface area contributed by atoms with E-state index in [1.54, 1.807) is 7.11 Å². The van der Waals surface area contributed by atoms with Gasteiger partial charge in [-0.25, -0.2) is 4.99 Å². The van der Waals surface area contributed by atoms with Crippen LogP contribution in [0.2, 0.25) is 0 Å². The third-order valence-electron chi connectivity index (χ3n) is 2.53. The summed E-state index contributed by atoms with van der Waals surface area (Å²) in [5.41, 5.74) is 2.41. The molecule has 1 heterocycles. The first kappa shape index (κ1) is 10.6. The molecule has 1 aliphatic heterocycles. The van der Waals surface area contributed by atoms with E-state index in [9.17, 15) is 0 Å². The summed E-state index contributed by atoms with van der Waals surface area (Å²) in [6, 6.07) is 7.74. The average molecular weight is 219 g/mol. The van der Waals surface area contributed by atoms with Gasteiger partial charge in [-0.1, -0.05) is 17.3 Å². The van der Waals surface area contributed by atoms with Crippen LogP contribution in [-0.4, -0.2) is 37.5 Å². The number of anilines is 1. The van der Waals surface area contributed by atoms with E-state index in [0.717, 1.165) is 11.4 Å². The molecule has 0 amide bonds. The Bertz CT molecular complexity index is 443. The van der Waals surface area contributed by atoms with Crippen LogP contribution in [-0.2, 0) is 4.74 Å². The minimum absolute atomic E-state index is 0.328. The lowest BCUT2D eigenvalue weighted by molar-refractivity contribution is 0.157. The van der Waals surface area contributed by atoms with E-state index in [-0.39, 0.29) is 6.23 Å². The van der Waals surface area contributed by atoms with E-state index >= 15 is 0 Å². The molecule has 1 aliphatic rings. The van der Waals surface area contributed by atoms with Gasteiger partial charge in [-0.2, -0.15) is 0 Å². The zero-order chi connectivity index (χ0) is 11.5. The van der Waals surface area contributed by atoms with E-state index < -0.39 is 0 Å². The van der Waals surface area contributed by atoms with Gasteiger partial charge in [0.1, 0.15) is 5.71 Å². The summed E-state index contributed by atoms with van der Waals surface area (Å²) < 4.78 is 5.32. The van der Waals surface area contributed by atoms with Gasteiger partial charge in [-0.3, -0.25) is 0 Å². The molecule has 5 heteroatoms. The van der Waals surface area contributed by atoms with Crippen LogP contribution in [0.15, 0.2) is 34.4 Å². The highest BCUT2D eigenvalue weighted by Crippen LogP contribution is 2.33. The molecule has 1 atom stereocenters. The first-order chi connectivity index (χ1) is 7.77. The Morgan fingerprint density at radius 2 is 2.25 bits per heavy atom. The number of methoxy groups -OCH3 is 1. The second kappa shape index (κ2) is 4.32. The first-order valence-corrected chi connectivity index (χ1v) is 4.88. The average Bonchev–Trinajstić information content (AvgIpc) is 2.30. The van der Waals surface area contributed by atoms with Crippen molar-refractivity contribution >= 4 is 23.3 Å². The molecule has 1 aromatic rings. The fourth-order valence-corrected chi connectivity index (χ4v) is 1.81. The van der Waals surface area contributed by atoms with E-state index in [0.29, 0.717) is 5.71 Å². The fraction of sp³-hybridized carbons (Fsp3) is 0.273. The number of hydrogen-bond acceptors (Lipinski definition) is 5. The van der Waals surface area contributed by atoms with Crippen LogP contribution in [0.25, 0.3) is 0 Å². The van der Waals surface area contributed by atoms with Gasteiger partial charge in [0, 0.05) is 14.2 Å². The maximum atomic E-state index is 8.58. The number of oxime groups is 1. The number of para-hydroxylation sites is 2. The Hall–Kier alpha value is -1.88. The van der Waals surface area contributed by atoms with Crippen molar-refractivity contribution in [3.8, 4) is 0 Å². The molecule has 1 N–H and O–H groups in total. The van der Waals surface area contributed by atoms with Crippen molar-refractivity contribution in [3.63, 3.8) is 0 Å². The molecule has 0 saturated heterocycles. The molecule has 0 spiro atoms. The maximum Gasteiger partial charge on any atom is 0.174 e. The molecule has 2 rings (SSSR count). The summed E-state index contributed by atoms with van der Waals surface area (Å²) in [6.45, 7) is 0. The molecule has 1 aromatic carbocycles. The topological polar surface area (TPSA) is 57.4 Å². The van der Waals surface area contributed by atoms with Crippen LogP contribution >= 0.6 is 0 Å². The molecule has 1 unspecified atom stereocenters. The molecule has 5 nitrogen and oxygen atoms in total. The van der Waals surface area contributed by atoms with E-state index in [2.05, 4.69) is 10.1 Å². The number of hydrogen-bond donors (Lipinski definition) is 1. The van der Waals surface area contributed by atoms with Crippen molar-refractivity contribution in [1.29, 1.82) is 0 Å². The largest absolute Gasteiger partial charge is 0.411 e. The third kappa shape index (κ3) is 1.65. The minimum Gasteiger partial charge on any atom is -0.411 e. The summed E-state index contributed by atoms with van der Waals surface area (Å²) >= 11 is 0. The highest BCUT2D eigenvalue weighted by atomic mass is 16.5. The van der Waals surface area contributed by atoms with Crippen LogP contribution in [0.3, 0.4) is 0 Å². The molecule has 0 bridgehead atoms. The summed E-state index contributed by atoms with van der Waals surface area (Å²) in [5.74, 6) is 0. The minimum atomic E-state index is -0.328. The molecule has 84 valence electrons. The highest BCUT2D eigenvalue weighted by molar-refractivity contribution is 6.34. The van der Waals surface area contributed by atoms with E-state index in [1.807, 2.05) is 36.2 Å². The zero-order valence-corrected chi connectivity index (χ0v) is 9.16. The van der Waals surface area contributed by atoms with Gasteiger partial charge in [0.2, 0.25) is 0 Å². The number of benzene rings is 1. The first-order valence-electron chi connectivity index (χ1n) is 4.88. The Morgan fingerprint density at radius 1 is 1.50 bits per heavy atom. The lowest BCUT2D eigenvalue weighted by Crippen LogP contribution is -2.42. The van der Waals surface area contributed by atoms with Crippen LogP contribution < -0.4 is 4.90 Å². The quantitative estimate of drug-likeness (QED) is 0.467.